The molecule has 0 amide bonds. The zero-order valence-electron chi connectivity index (χ0n) is 13.8. The number of aryl methyl sites for hydroxylation is 2. The predicted octanol–water partition coefficient (Wildman–Crippen LogP) is 3.99. The highest BCUT2D eigenvalue weighted by Gasteiger charge is 2.13. The third-order valence-electron chi connectivity index (χ3n) is 3.92. The van der Waals surface area contributed by atoms with E-state index in [0.717, 1.165) is 27.3 Å². The molecule has 4 aromatic rings. The minimum Gasteiger partial charge on any atom is -0.301 e. The lowest BCUT2D eigenvalue weighted by Crippen LogP contribution is -2.08. The first kappa shape index (κ1) is 16.1. The smallest absolute Gasteiger partial charge is 0.260 e. The number of nitrogens with one attached hydrogen (secondary N) is 1. The van der Waals surface area contributed by atoms with Crippen LogP contribution in [0.4, 0.5) is 0 Å². The van der Waals surface area contributed by atoms with Crippen LogP contribution in [0.15, 0.2) is 52.0 Å². The number of hydrogen-bond donors (Lipinski definition) is 1. The summed E-state index contributed by atoms with van der Waals surface area (Å²) in [4.78, 5) is 20.9. The lowest BCUT2D eigenvalue weighted by Gasteiger charge is -2.02. The Labute approximate surface area is 152 Å². The van der Waals surface area contributed by atoms with Gasteiger partial charge in [-0.2, -0.15) is 5.10 Å². The van der Waals surface area contributed by atoms with Crippen LogP contribution in [0.5, 0.6) is 0 Å². The Morgan fingerprint density at radius 1 is 1.28 bits per heavy atom. The lowest BCUT2D eigenvalue weighted by atomic mass is 10.1. The fourth-order valence-corrected chi connectivity index (χ4v) is 4.42. The SMILES string of the molecule is Cc1ccc(-c2csc3nc(SCc4cnn(C)c4)[nH]c(=O)c23)cc1. The van der Waals surface area contributed by atoms with Gasteiger partial charge in [-0.05, 0) is 12.5 Å². The van der Waals surface area contributed by atoms with E-state index in [1.54, 1.807) is 4.68 Å². The summed E-state index contributed by atoms with van der Waals surface area (Å²) in [6, 6.07) is 8.19. The molecule has 0 aliphatic carbocycles. The van der Waals surface area contributed by atoms with E-state index in [0.29, 0.717) is 10.5 Å². The Morgan fingerprint density at radius 2 is 2.08 bits per heavy atom. The predicted molar refractivity (Wildman–Crippen MR) is 103 cm³/mol. The average molecular weight is 368 g/mol. The molecule has 126 valence electrons. The van der Waals surface area contributed by atoms with E-state index < -0.39 is 0 Å². The van der Waals surface area contributed by atoms with Crippen LogP contribution in [-0.4, -0.2) is 19.7 Å². The molecule has 7 heteroatoms. The van der Waals surface area contributed by atoms with Gasteiger partial charge in [-0.25, -0.2) is 4.98 Å². The van der Waals surface area contributed by atoms with Crippen LogP contribution in [0.25, 0.3) is 21.3 Å². The molecule has 5 nitrogen and oxygen atoms in total. The van der Waals surface area contributed by atoms with Crippen molar-refractivity contribution in [2.24, 2.45) is 7.05 Å². The number of rotatable bonds is 4. The van der Waals surface area contributed by atoms with E-state index in [9.17, 15) is 4.79 Å². The second-order valence-corrected chi connectivity index (χ2v) is 7.70. The van der Waals surface area contributed by atoms with Crippen LogP contribution >= 0.6 is 23.1 Å². The second kappa shape index (κ2) is 6.50. The number of nitrogens with zero attached hydrogens (tertiary/aromatic N) is 3. The van der Waals surface area contributed by atoms with Gasteiger partial charge in [0.15, 0.2) is 5.16 Å². The summed E-state index contributed by atoms with van der Waals surface area (Å²) < 4.78 is 1.77. The molecule has 0 aliphatic rings. The molecule has 1 N–H and O–H groups in total. The normalized spacial score (nSPS) is 11.3. The van der Waals surface area contributed by atoms with Gasteiger partial charge in [-0.3, -0.25) is 9.48 Å². The molecule has 0 spiro atoms. The first-order valence-corrected chi connectivity index (χ1v) is 9.65. The largest absolute Gasteiger partial charge is 0.301 e. The van der Waals surface area contributed by atoms with E-state index in [1.165, 1.54) is 28.7 Å². The number of benzene rings is 1. The number of thiophene rings is 1. The number of aromatic nitrogens is 4. The van der Waals surface area contributed by atoms with Crippen molar-refractivity contribution in [2.75, 3.05) is 0 Å². The number of hydrogen-bond acceptors (Lipinski definition) is 5. The van der Waals surface area contributed by atoms with Crippen LogP contribution in [0.2, 0.25) is 0 Å². The van der Waals surface area contributed by atoms with E-state index in [4.69, 9.17) is 0 Å². The summed E-state index contributed by atoms with van der Waals surface area (Å²) in [5.74, 6) is 0.721. The molecule has 1 aromatic carbocycles. The van der Waals surface area contributed by atoms with Gasteiger partial charge in [0.05, 0.1) is 11.6 Å². The molecule has 0 aliphatic heterocycles. The molecule has 0 atom stereocenters. The Bertz CT molecular complexity index is 1090. The highest BCUT2D eigenvalue weighted by molar-refractivity contribution is 7.98. The fourth-order valence-electron chi connectivity index (χ4n) is 2.64. The second-order valence-electron chi connectivity index (χ2n) is 5.88. The lowest BCUT2D eigenvalue weighted by molar-refractivity contribution is 0.767. The zero-order chi connectivity index (χ0) is 17.4. The molecule has 4 rings (SSSR count). The van der Waals surface area contributed by atoms with Gasteiger partial charge < -0.3 is 4.98 Å². The van der Waals surface area contributed by atoms with E-state index in [2.05, 4.69) is 34.1 Å². The summed E-state index contributed by atoms with van der Waals surface area (Å²) in [6.45, 7) is 2.05. The fraction of sp³-hybridized carbons (Fsp3) is 0.167. The van der Waals surface area contributed by atoms with Crippen molar-refractivity contribution in [3.05, 3.63) is 63.5 Å². The highest BCUT2D eigenvalue weighted by atomic mass is 32.2. The number of thioether (sulfide) groups is 1. The van der Waals surface area contributed by atoms with Gasteiger partial charge >= 0.3 is 0 Å². The Kier molecular flexibility index (Phi) is 4.19. The molecule has 25 heavy (non-hydrogen) atoms. The molecular weight excluding hydrogens is 352 g/mol. The van der Waals surface area contributed by atoms with Crippen LogP contribution in [-0.2, 0) is 12.8 Å². The van der Waals surface area contributed by atoms with Crippen LogP contribution in [0.1, 0.15) is 11.1 Å². The maximum absolute atomic E-state index is 12.6. The van der Waals surface area contributed by atoms with Crippen molar-refractivity contribution in [1.82, 2.24) is 19.7 Å². The summed E-state index contributed by atoms with van der Waals surface area (Å²) in [5, 5.41) is 7.46. The topological polar surface area (TPSA) is 63.6 Å². The first-order valence-electron chi connectivity index (χ1n) is 7.79. The quantitative estimate of drug-likeness (QED) is 0.437. The minimum atomic E-state index is -0.0875. The number of H-pyrrole nitrogens is 1. The summed E-state index contributed by atoms with van der Waals surface area (Å²) in [6.07, 6.45) is 3.79. The molecule has 0 fully saturated rings. The third kappa shape index (κ3) is 3.25. The van der Waals surface area contributed by atoms with E-state index in [1.807, 2.05) is 37.0 Å². The summed E-state index contributed by atoms with van der Waals surface area (Å²) in [5.41, 5.74) is 4.19. The molecule has 0 saturated carbocycles. The van der Waals surface area contributed by atoms with Crippen molar-refractivity contribution in [3.63, 3.8) is 0 Å². The van der Waals surface area contributed by atoms with Crippen LogP contribution in [0.3, 0.4) is 0 Å². The molecule has 0 bridgehead atoms. The minimum absolute atomic E-state index is 0.0875. The van der Waals surface area contributed by atoms with Gasteiger partial charge in [0.2, 0.25) is 0 Å². The monoisotopic (exact) mass is 368 g/mol. The van der Waals surface area contributed by atoms with Gasteiger partial charge in [0.1, 0.15) is 4.83 Å². The van der Waals surface area contributed by atoms with Crippen molar-refractivity contribution < 1.29 is 0 Å². The van der Waals surface area contributed by atoms with E-state index >= 15 is 0 Å². The van der Waals surface area contributed by atoms with Crippen molar-refractivity contribution in [1.29, 1.82) is 0 Å². The standard InChI is InChI=1S/C18H16N4OS2/c1-11-3-5-13(6-4-11)14-10-24-17-15(14)16(23)20-18(21-17)25-9-12-7-19-22(2)8-12/h3-8,10H,9H2,1-2H3,(H,20,21,23). The van der Waals surface area contributed by atoms with Gasteiger partial charge in [0, 0.05) is 35.5 Å². The van der Waals surface area contributed by atoms with Crippen molar-refractivity contribution in [2.45, 2.75) is 17.8 Å². The van der Waals surface area contributed by atoms with Crippen LogP contribution < -0.4 is 5.56 Å². The maximum atomic E-state index is 12.6. The first-order chi connectivity index (χ1) is 12.1. The average Bonchev–Trinajstić information content (AvgIpc) is 3.20. The van der Waals surface area contributed by atoms with E-state index in [-0.39, 0.29) is 5.56 Å². The molecular formula is C18H16N4OS2. The van der Waals surface area contributed by atoms with Crippen molar-refractivity contribution >= 4 is 33.3 Å². The highest BCUT2D eigenvalue weighted by Crippen LogP contribution is 2.32. The van der Waals surface area contributed by atoms with Gasteiger partial charge in [-0.15, -0.1) is 11.3 Å². The number of aromatic amines is 1. The number of fused-ring (bicyclic) bond motifs is 1. The summed E-state index contributed by atoms with van der Waals surface area (Å²) >= 11 is 3.02. The van der Waals surface area contributed by atoms with Crippen molar-refractivity contribution in [3.8, 4) is 11.1 Å². The summed E-state index contributed by atoms with van der Waals surface area (Å²) in [7, 11) is 1.89. The zero-order valence-corrected chi connectivity index (χ0v) is 15.4. The Balaban J connectivity index is 1.67. The van der Waals surface area contributed by atoms with Crippen LogP contribution in [0, 0.1) is 6.92 Å². The van der Waals surface area contributed by atoms with Gasteiger partial charge in [0.25, 0.3) is 5.56 Å². The molecule has 3 heterocycles. The molecule has 0 saturated heterocycles. The molecule has 0 unspecified atom stereocenters. The third-order valence-corrected chi connectivity index (χ3v) is 5.74. The molecule has 0 radical (unpaired) electrons. The Hall–Kier alpha value is -2.38. The van der Waals surface area contributed by atoms with Gasteiger partial charge in [-0.1, -0.05) is 41.6 Å². The maximum Gasteiger partial charge on any atom is 0.260 e. The molecule has 3 aromatic heterocycles. The Morgan fingerprint density at radius 3 is 2.80 bits per heavy atom.